The Morgan fingerprint density at radius 3 is 2.67 bits per heavy atom. The number of anilines is 2. The van der Waals surface area contributed by atoms with Crippen LogP contribution in [0.15, 0.2) is 18.2 Å². The van der Waals surface area contributed by atoms with Crippen LogP contribution in [0.3, 0.4) is 0 Å². The van der Waals surface area contributed by atoms with Crippen LogP contribution in [0.4, 0.5) is 15.8 Å². The van der Waals surface area contributed by atoms with E-state index in [2.05, 4.69) is 21.6 Å². The summed E-state index contributed by atoms with van der Waals surface area (Å²) in [7, 11) is 0. The van der Waals surface area contributed by atoms with Crippen molar-refractivity contribution in [3.05, 3.63) is 24.0 Å². The normalized spacial score (nSPS) is 16.6. The predicted molar refractivity (Wildman–Crippen MR) is 93.3 cm³/mol. The lowest BCUT2D eigenvalue weighted by Crippen LogP contribution is -2.50. The zero-order chi connectivity index (χ0) is 17.7. The summed E-state index contributed by atoms with van der Waals surface area (Å²) in [4.78, 5) is 14.3. The molecule has 1 saturated heterocycles. The molecule has 5 nitrogen and oxygen atoms in total. The Labute approximate surface area is 142 Å². The summed E-state index contributed by atoms with van der Waals surface area (Å²) in [5, 5.41) is 14.9. The molecule has 1 aromatic rings. The monoisotopic (exact) mass is 332 g/mol. The van der Waals surface area contributed by atoms with Gasteiger partial charge >= 0.3 is 0 Å². The van der Waals surface area contributed by atoms with Crippen molar-refractivity contribution >= 4 is 17.3 Å². The number of hydrogen-bond acceptors (Lipinski definition) is 4. The average Bonchev–Trinajstić information content (AvgIpc) is 3.07. The summed E-state index contributed by atoms with van der Waals surface area (Å²) in [5.41, 5.74) is 0.191. The molecule has 1 amide bonds. The molecule has 0 bridgehead atoms. The van der Waals surface area contributed by atoms with Gasteiger partial charge in [0, 0.05) is 13.1 Å². The standard InChI is InChI=1S/C18H25FN4O/c1-13(2)18(3,12-20)22-16(24)11-21-17-14(19)7-6-8-15(17)23-9-4-5-10-23/h6-8,13,21H,4-5,9-11H2,1-3H3,(H,22,24). The maximum absolute atomic E-state index is 14.2. The summed E-state index contributed by atoms with van der Waals surface area (Å²) in [6.07, 6.45) is 2.18. The third-order valence-electron chi connectivity index (χ3n) is 4.65. The summed E-state index contributed by atoms with van der Waals surface area (Å²) in [5.74, 6) is -0.734. The van der Waals surface area contributed by atoms with Gasteiger partial charge in [0.15, 0.2) is 0 Å². The molecule has 0 radical (unpaired) electrons. The molecule has 1 heterocycles. The van der Waals surface area contributed by atoms with Crippen LogP contribution in [-0.4, -0.2) is 31.1 Å². The lowest BCUT2D eigenvalue weighted by molar-refractivity contribution is -0.121. The fraction of sp³-hybridized carbons (Fsp3) is 0.556. The van der Waals surface area contributed by atoms with E-state index in [-0.39, 0.29) is 24.2 Å². The van der Waals surface area contributed by atoms with Crippen molar-refractivity contribution in [3.8, 4) is 6.07 Å². The van der Waals surface area contributed by atoms with Gasteiger partial charge in [-0.25, -0.2) is 4.39 Å². The molecule has 0 saturated carbocycles. The smallest absolute Gasteiger partial charge is 0.240 e. The van der Waals surface area contributed by atoms with Gasteiger partial charge in [-0.2, -0.15) is 5.26 Å². The van der Waals surface area contributed by atoms with Crippen LogP contribution in [0, 0.1) is 23.1 Å². The number of para-hydroxylation sites is 1. The molecule has 1 fully saturated rings. The quantitative estimate of drug-likeness (QED) is 0.840. The van der Waals surface area contributed by atoms with Gasteiger partial charge in [-0.1, -0.05) is 19.9 Å². The molecule has 24 heavy (non-hydrogen) atoms. The number of halogens is 1. The van der Waals surface area contributed by atoms with E-state index in [0.29, 0.717) is 5.69 Å². The molecule has 1 aromatic carbocycles. The maximum Gasteiger partial charge on any atom is 0.240 e. The third-order valence-corrected chi connectivity index (χ3v) is 4.65. The Balaban J connectivity index is 2.07. The summed E-state index contributed by atoms with van der Waals surface area (Å²) < 4.78 is 14.2. The number of hydrogen-bond donors (Lipinski definition) is 2. The first kappa shape index (κ1) is 18.1. The van der Waals surface area contributed by atoms with E-state index in [0.717, 1.165) is 31.6 Å². The highest BCUT2D eigenvalue weighted by molar-refractivity contribution is 5.83. The lowest BCUT2D eigenvalue weighted by Gasteiger charge is -2.28. The molecule has 1 unspecified atom stereocenters. The van der Waals surface area contributed by atoms with Crippen molar-refractivity contribution in [1.29, 1.82) is 5.26 Å². The zero-order valence-electron chi connectivity index (χ0n) is 14.5. The van der Waals surface area contributed by atoms with Crippen LogP contribution in [0.25, 0.3) is 0 Å². The minimum atomic E-state index is -0.939. The number of rotatable bonds is 6. The van der Waals surface area contributed by atoms with Crippen LogP contribution < -0.4 is 15.5 Å². The molecular formula is C18H25FN4O. The number of carbonyl (C=O) groups excluding carboxylic acids is 1. The Bertz CT molecular complexity index is 634. The van der Waals surface area contributed by atoms with E-state index in [9.17, 15) is 14.4 Å². The van der Waals surface area contributed by atoms with Crippen LogP contribution in [-0.2, 0) is 4.79 Å². The largest absolute Gasteiger partial charge is 0.372 e. The van der Waals surface area contributed by atoms with E-state index in [1.165, 1.54) is 6.07 Å². The lowest BCUT2D eigenvalue weighted by atomic mass is 9.90. The van der Waals surface area contributed by atoms with Gasteiger partial charge in [0.05, 0.1) is 24.0 Å². The van der Waals surface area contributed by atoms with Crippen LogP contribution in [0.1, 0.15) is 33.6 Å². The Morgan fingerprint density at radius 1 is 1.42 bits per heavy atom. The number of amides is 1. The molecular weight excluding hydrogens is 307 g/mol. The second-order valence-corrected chi connectivity index (χ2v) is 6.70. The van der Waals surface area contributed by atoms with E-state index in [4.69, 9.17) is 0 Å². The van der Waals surface area contributed by atoms with E-state index < -0.39 is 5.54 Å². The average molecular weight is 332 g/mol. The first-order chi connectivity index (χ1) is 11.4. The molecule has 6 heteroatoms. The van der Waals surface area contributed by atoms with Gasteiger partial charge in [-0.3, -0.25) is 4.79 Å². The predicted octanol–water partition coefficient (Wildman–Crippen LogP) is 2.89. The topological polar surface area (TPSA) is 68.2 Å². The number of benzene rings is 1. The van der Waals surface area contributed by atoms with Gasteiger partial charge in [0.2, 0.25) is 5.91 Å². The highest BCUT2D eigenvalue weighted by Crippen LogP contribution is 2.31. The second kappa shape index (κ2) is 7.52. The molecule has 130 valence electrons. The number of carbonyl (C=O) groups is 1. The van der Waals surface area contributed by atoms with Crippen molar-refractivity contribution < 1.29 is 9.18 Å². The fourth-order valence-electron chi connectivity index (χ4n) is 2.71. The maximum atomic E-state index is 14.2. The van der Waals surface area contributed by atoms with Gasteiger partial charge in [-0.15, -0.1) is 0 Å². The van der Waals surface area contributed by atoms with Gasteiger partial charge in [0.25, 0.3) is 0 Å². The number of nitrogens with one attached hydrogen (secondary N) is 2. The van der Waals surface area contributed by atoms with Crippen molar-refractivity contribution in [2.75, 3.05) is 29.9 Å². The molecule has 2 N–H and O–H groups in total. The van der Waals surface area contributed by atoms with Gasteiger partial charge < -0.3 is 15.5 Å². The van der Waals surface area contributed by atoms with Crippen LogP contribution >= 0.6 is 0 Å². The fourth-order valence-corrected chi connectivity index (χ4v) is 2.71. The minimum absolute atomic E-state index is 0.0277. The van der Waals surface area contributed by atoms with E-state index in [1.54, 1.807) is 13.0 Å². The van der Waals surface area contributed by atoms with Gasteiger partial charge in [0.1, 0.15) is 11.4 Å². The summed E-state index contributed by atoms with van der Waals surface area (Å²) >= 11 is 0. The number of nitrogens with zero attached hydrogens (tertiary/aromatic N) is 2. The SMILES string of the molecule is CC(C)C(C)(C#N)NC(=O)CNc1c(F)cccc1N1CCCC1. The van der Waals surface area contributed by atoms with Crippen molar-refractivity contribution in [2.24, 2.45) is 5.92 Å². The van der Waals surface area contributed by atoms with Crippen molar-refractivity contribution in [1.82, 2.24) is 5.32 Å². The van der Waals surface area contributed by atoms with E-state index in [1.807, 2.05) is 19.9 Å². The van der Waals surface area contributed by atoms with Crippen LogP contribution in [0.2, 0.25) is 0 Å². The molecule has 0 aliphatic carbocycles. The Morgan fingerprint density at radius 2 is 2.08 bits per heavy atom. The van der Waals surface area contributed by atoms with Crippen LogP contribution in [0.5, 0.6) is 0 Å². The minimum Gasteiger partial charge on any atom is -0.372 e. The van der Waals surface area contributed by atoms with Gasteiger partial charge in [-0.05, 0) is 37.8 Å². The third kappa shape index (κ3) is 3.97. The molecule has 1 atom stereocenters. The highest BCUT2D eigenvalue weighted by atomic mass is 19.1. The second-order valence-electron chi connectivity index (χ2n) is 6.70. The highest BCUT2D eigenvalue weighted by Gasteiger charge is 2.30. The Hall–Kier alpha value is -2.29. The molecule has 1 aliphatic heterocycles. The molecule has 0 spiro atoms. The summed E-state index contributed by atoms with van der Waals surface area (Å²) in [6, 6.07) is 7.06. The van der Waals surface area contributed by atoms with Crippen molar-refractivity contribution in [3.63, 3.8) is 0 Å². The molecule has 2 rings (SSSR count). The number of nitriles is 1. The first-order valence-corrected chi connectivity index (χ1v) is 8.37. The van der Waals surface area contributed by atoms with Crippen molar-refractivity contribution in [2.45, 2.75) is 39.2 Å². The summed E-state index contributed by atoms with van der Waals surface area (Å²) in [6.45, 7) is 7.15. The first-order valence-electron chi connectivity index (χ1n) is 8.37. The zero-order valence-corrected chi connectivity index (χ0v) is 14.5. The Kier molecular flexibility index (Phi) is 5.66. The molecule has 1 aliphatic rings. The van der Waals surface area contributed by atoms with E-state index >= 15 is 0 Å². The molecule has 0 aromatic heterocycles.